The van der Waals surface area contributed by atoms with Crippen LogP contribution in [-0.4, -0.2) is 21.5 Å². The van der Waals surface area contributed by atoms with Crippen LogP contribution in [0.15, 0.2) is 84.4 Å². The minimum atomic E-state index is -0.459. The molecule has 1 fully saturated rings. The number of nitrogens with zero attached hydrogens (tertiary/aromatic N) is 3. The van der Waals surface area contributed by atoms with Crippen molar-refractivity contribution < 1.29 is 9.59 Å². The van der Waals surface area contributed by atoms with Gasteiger partial charge in [0.25, 0.3) is 11.8 Å². The molecule has 2 amide bonds. The lowest BCUT2D eigenvalue weighted by Gasteiger charge is -2.36. The third kappa shape index (κ3) is 4.46. The molecule has 1 saturated heterocycles. The van der Waals surface area contributed by atoms with E-state index in [2.05, 4.69) is 4.57 Å². The van der Waals surface area contributed by atoms with Crippen LogP contribution in [0.2, 0.25) is 5.02 Å². The molecule has 0 radical (unpaired) electrons. The van der Waals surface area contributed by atoms with Gasteiger partial charge in [-0.05, 0) is 111 Å². The van der Waals surface area contributed by atoms with Crippen molar-refractivity contribution in [3.8, 4) is 5.69 Å². The Morgan fingerprint density at radius 3 is 2.03 bits per heavy atom. The van der Waals surface area contributed by atoms with Crippen LogP contribution in [0.25, 0.3) is 11.8 Å². The minimum absolute atomic E-state index is 0.0343. The van der Waals surface area contributed by atoms with E-state index >= 15 is 0 Å². The van der Waals surface area contributed by atoms with Crippen LogP contribution in [0.4, 0.5) is 11.4 Å². The zero-order valence-corrected chi connectivity index (χ0v) is 23.1. The second-order valence-electron chi connectivity index (χ2n) is 9.37. The molecule has 2 heterocycles. The van der Waals surface area contributed by atoms with Gasteiger partial charge in [-0.25, -0.2) is 0 Å². The number of amides is 2. The van der Waals surface area contributed by atoms with E-state index in [9.17, 15) is 9.59 Å². The minimum Gasteiger partial charge on any atom is -0.318 e. The monoisotopic (exact) mass is 539 g/mol. The van der Waals surface area contributed by atoms with Crippen LogP contribution < -0.4 is 9.80 Å². The summed E-state index contributed by atoms with van der Waals surface area (Å²) in [4.78, 5) is 30.7. The summed E-state index contributed by atoms with van der Waals surface area (Å²) in [6, 6.07) is 24.4. The molecular weight excluding hydrogens is 514 g/mol. The molecule has 190 valence electrons. The van der Waals surface area contributed by atoms with E-state index in [0.717, 1.165) is 33.8 Å². The second-order valence-corrected chi connectivity index (χ2v) is 10.2. The fourth-order valence-corrected chi connectivity index (χ4v) is 5.29. The standard InChI is InChI=1S/C31H26ClN3O2S/c1-19-13-14-27(15-20(19)2)35-30(37)28(29(36)34(31(35)38)25-10-6-5-7-11-25)17-23-16-21(3)33(22(23)4)26-12-8-9-24(32)18-26/h5-18H,1-4H3/b28-17-. The normalized spacial score (nSPS) is 15.1. The maximum absolute atomic E-state index is 13.9. The number of carbonyl (C=O) groups excluding carboxylic acids is 2. The van der Waals surface area contributed by atoms with Gasteiger partial charge in [-0.2, -0.15) is 0 Å². The summed E-state index contributed by atoms with van der Waals surface area (Å²) >= 11 is 12.0. The summed E-state index contributed by atoms with van der Waals surface area (Å²) in [6.45, 7) is 7.93. The molecule has 0 bridgehead atoms. The Bertz CT molecular complexity index is 1640. The fraction of sp³-hybridized carbons (Fsp3) is 0.129. The highest BCUT2D eigenvalue weighted by molar-refractivity contribution is 7.81. The predicted octanol–water partition coefficient (Wildman–Crippen LogP) is 7.11. The van der Waals surface area contributed by atoms with Gasteiger partial charge in [0.1, 0.15) is 5.57 Å². The molecule has 4 aromatic rings. The lowest BCUT2D eigenvalue weighted by atomic mass is 10.0. The van der Waals surface area contributed by atoms with Gasteiger partial charge in [-0.1, -0.05) is 41.9 Å². The second kappa shape index (κ2) is 10.0. The molecule has 0 spiro atoms. The summed E-state index contributed by atoms with van der Waals surface area (Å²) < 4.78 is 2.05. The van der Waals surface area contributed by atoms with Gasteiger partial charge in [0.05, 0.1) is 11.4 Å². The van der Waals surface area contributed by atoms with Gasteiger partial charge in [0.2, 0.25) is 0 Å². The summed E-state index contributed by atoms with van der Waals surface area (Å²) in [5.74, 6) is -0.915. The molecule has 5 rings (SSSR count). The smallest absolute Gasteiger partial charge is 0.270 e. The SMILES string of the molecule is Cc1ccc(N2C(=O)/C(=C\c3cc(C)n(-c4cccc(Cl)c4)c3C)C(=O)N(c3ccccc3)C2=S)cc1C. The topological polar surface area (TPSA) is 45.6 Å². The lowest BCUT2D eigenvalue weighted by Crippen LogP contribution is -2.57. The number of para-hydroxylation sites is 1. The van der Waals surface area contributed by atoms with Crippen molar-refractivity contribution in [3.63, 3.8) is 0 Å². The van der Waals surface area contributed by atoms with Crippen LogP contribution in [0.1, 0.15) is 28.1 Å². The zero-order chi connectivity index (χ0) is 27.1. The zero-order valence-electron chi connectivity index (χ0n) is 21.5. The van der Waals surface area contributed by atoms with Gasteiger partial charge in [-0.3, -0.25) is 19.4 Å². The number of rotatable bonds is 4. The van der Waals surface area contributed by atoms with Gasteiger partial charge >= 0.3 is 0 Å². The van der Waals surface area contributed by atoms with Gasteiger partial charge in [0, 0.05) is 22.1 Å². The van der Waals surface area contributed by atoms with E-state index < -0.39 is 11.8 Å². The molecule has 3 aromatic carbocycles. The molecule has 0 atom stereocenters. The van der Waals surface area contributed by atoms with Crippen molar-refractivity contribution in [1.82, 2.24) is 4.57 Å². The first-order chi connectivity index (χ1) is 18.2. The molecule has 0 saturated carbocycles. The van der Waals surface area contributed by atoms with Crippen LogP contribution in [0.5, 0.6) is 0 Å². The summed E-state index contributed by atoms with van der Waals surface area (Å²) in [5.41, 5.74) is 6.88. The lowest BCUT2D eigenvalue weighted by molar-refractivity contribution is -0.120. The van der Waals surface area contributed by atoms with E-state index in [1.54, 1.807) is 18.2 Å². The average molecular weight is 540 g/mol. The Balaban J connectivity index is 1.67. The Labute approximate surface area is 232 Å². The molecule has 1 aliphatic heterocycles. The number of aromatic nitrogens is 1. The predicted molar refractivity (Wildman–Crippen MR) is 158 cm³/mol. The summed E-state index contributed by atoms with van der Waals surface area (Å²) in [6.07, 6.45) is 1.67. The number of anilines is 2. The van der Waals surface area contributed by atoms with Gasteiger partial charge < -0.3 is 4.57 Å². The molecule has 38 heavy (non-hydrogen) atoms. The molecule has 0 unspecified atom stereocenters. The maximum atomic E-state index is 13.9. The number of halogens is 1. The highest BCUT2D eigenvalue weighted by Crippen LogP contribution is 2.32. The number of hydrogen-bond acceptors (Lipinski definition) is 3. The quantitative estimate of drug-likeness (QED) is 0.158. The highest BCUT2D eigenvalue weighted by Gasteiger charge is 2.41. The Kier molecular flexibility index (Phi) is 6.78. The van der Waals surface area contributed by atoms with Crippen LogP contribution in [-0.2, 0) is 9.59 Å². The summed E-state index contributed by atoms with van der Waals surface area (Å²) in [5, 5.41) is 0.750. The van der Waals surface area contributed by atoms with E-state index in [-0.39, 0.29) is 10.7 Å². The van der Waals surface area contributed by atoms with Crippen molar-refractivity contribution in [3.05, 3.63) is 118 Å². The fourth-order valence-electron chi connectivity index (χ4n) is 4.73. The van der Waals surface area contributed by atoms with E-state index in [4.69, 9.17) is 23.8 Å². The molecule has 1 aromatic heterocycles. The Morgan fingerprint density at radius 1 is 0.711 bits per heavy atom. The van der Waals surface area contributed by atoms with Crippen molar-refractivity contribution in [2.24, 2.45) is 0 Å². The first-order valence-corrected chi connectivity index (χ1v) is 13.0. The molecular formula is C31H26ClN3O2S. The van der Waals surface area contributed by atoms with E-state index in [0.29, 0.717) is 16.4 Å². The van der Waals surface area contributed by atoms with Gasteiger partial charge in [0.15, 0.2) is 5.11 Å². The third-order valence-corrected chi connectivity index (χ3v) is 7.45. The van der Waals surface area contributed by atoms with Crippen molar-refractivity contribution in [2.75, 3.05) is 9.80 Å². The third-order valence-electron chi connectivity index (χ3n) is 6.85. The number of benzene rings is 3. The highest BCUT2D eigenvalue weighted by atomic mass is 35.5. The average Bonchev–Trinajstić information content (AvgIpc) is 3.17. The molecule has 0 aliphatic carbocycles. The van der Waals surface area contributed by atoms with E-state index in [1.165, 1.54) is 9.80 Å². The van der Waals surface area contributed by atoms with Crippen LogP contribution in [0.3, 0.4) is 0 Å². The maximum Gasteiger partial charge on any atom is 0.270 e. The molecule has 0 N–H and O–H groups in total. The Hall–Kier alpha value is -4.00. The largest absolute Gasteiger partial charge is 0.318 e. The van der Waals surface area contributed by atoms with Crippen molar-refractivity contribution in [2.45, 2.75) is 27.7 Å². The van der Waals surface area contributed by atoms with Crippen LogP contribution >= 0.6 is 23.8 Å². The first-order valence-electron chi connectivity index (χ1n) is 12.2. The molecule has 1 aliphatic rings. The number of aryl methyl sites for hydroxylation is 3. The van der Waals surface area contributed by atoms with Gasteiger partial charge in [-0.15, -0.1) is 0 Å². The number of thiocarbonyl (C=S) groups is 1. The summed E-state index contributed by atoms with van der Waals surface area (Å²) in [7, 11) is 0. The molecule has 7 heteroatoms. The number of hydrogen-bond donors (Lipinski definition) is 0. The first kappa shape index (κ1) is 25.6. The van der Waals surface area contributed by atoms with E-state index in [1.807, 2.05) is 94.4 Å². The van der Waals surface area contributed by atoms with Crippen molar-refractivity contribution in [1.29, 1.82) is 0 Å². The van der Waals surface area contributed by atoms with Crippen molar-refractivity contribution >= 4 is 58.2 Å². The number of carbonyl (C=O) groups is 2. The Morgan fingerprint density at radius 2 is 1.37 bits per heavy atom. The molecule has 5 nitrogen and oxygen atoms in total. The van der Waals surface area contributed by atoms with Crippen LogP contribution in [0, 0.1) is 27.7 Å².